The molecule has 2 N–H and O–H groups in total. The average molecular weight is 327 g/mol. The first kappa shape index (κ1) is 15.4. The predicted octanol–water partition coefficient (Wildman–Crippen LogP) is 2.77. The summed E-state index contributed by atoms with van der Waals surface area (Å²) < 4.78 is 0. The van der Waals surface area contributed by atoms with E-state index in [0.29, 0.717) is 0 Å². The van der Waals surface area contributed by atoms with Gasteiger partial charge in [0.15, 0.2) is 0 Å². The lowest BCUT2D eigenvalue weighted by Crippen LogP contribution is -2.28. The molecular weight excluding hydrogens is 316 g/mol. The maximum absolute atomic E-state index is 11.9. The normalized spacial score (nSPS) is 11.9. The van der Waals surface area contributed by atoms with E-state index in [-0.39, 0.29) is 22.8 Å². The predicted molar refractivity (Wildman–Crippen MR) is 79.7 cm³/mol. The van der Waals surface area contributed by atoms with E-state index in [0.717, 1.165) is 5.56 Å². The second kappa shape index (κ2) is 6.66. The van der Waals surface area contributed by atoms with Crippen LogP contribution in [0.25, 0.3) is 0 Å². The topological polar surface area (TPSA) is 92.5 Å². The molecule has 0 bridgehead atoms. The van der Waals surface area contributed by atoms with Crippen molar-refractivity contribution < 1.29 is 14.8 Å². The Bertz CT molecular complexity index is 660. The third-order valence-corrected chi connectivity index (χ3v) is 3.79. The van der Waals surface area contributed by atoms with Crippen molar-refractivity contribution in [3.05, 3.63) is 61.3 Å². The van der Waals surface area contributed by atoms with E-state index >= 15 is 0 Å². The summed E-state index contributed by atoms with van der Waals surface area (Å²) in [4.78, 5) is 21.9. The number of thiophene rings is 1. The SMILES string of the molecule is O=C(NCC(O)c1ccsc1)c1ccc([N+](=O)[O-])c(Cl)c1. The molecule has 21 heavy (non-hydrogen) atoms. The van der Waals surface area contributed by atoms with Crippen molar-refractivity contribution in [3.63, 3.8) is 0 Å². The Morgan fingerprint density at radius 1 is 1.48 bits per heavy atom. The number of hydrogen-bond donors (Lipinski definition) is 2. The Morgan fingerprint density at radius 3 is 2.81 bits per heavy atom. The zero-order chi connectivity index (χ0) is 15.4. The van der Waals surface area contributed by atoms with Gasteiger partial charge in [-0.25, -0.2) is 0 Å². The first-order chi connectivity index (χ1) is 9.99. The van der Waals surface area contributed by atoms with Gasteiger partial charge in [-0.05, 0) is 34.5 Å². The molecule has 1 aromatic heterocycles. The van der Waals surface area contributed by atoms with E-state index in [1.54, 1.807) is 11.4 Å². The standard InChI is InChI=1S/C13H11ClN2O4S/c14-10-5-8(1-2-11(10)16(19)20)13(18)15-6-12(17)9-3-4-21-7-9/h1-5,7,12,17H,6H2,(H,15,18). The van der Waals surface area contributed by atoms with E-state index in [2.05, 4.69) is 5.32 Å². The Labute approximate surface area is 129 Å². The lowest BCUT2D eigenvalue weighted by molar-refractivity contribution is -0.384. The molecule has 0 saturated carbocycles. The summed E-state index contributed by atoms with van der Waals surface area (Å²) in [6.45, 7) is 0.0458. The van der Waals surface area contributed by atoms with E-state index < -0.39 is 16.9 Å². The molecule has 0 aliphatic heterocycles. The van der Waals surface area contributed by atoms with Gasteiger partial charge in [0.05, 0.1) is 11.0 Å². The smallest absolute Gasteiger partial charge is 0.287 e. The Kier molecular flexibility index (Phi) is 4.89. The van der Waals surface area contributed by atoms with Crippen molar-refractivity contribution in [2.24, 2.45) is 0 Å². The molecule has 1 amide bonds. The number of hydrogen-bond acceptors (Lipinski definition) is 5. The van der Waals surface area contributed by atoms with E-state index in [9.17, 15) is 20.0 Å². The number of aliphatic hydroxyl groups excluding tert-OH is 1. The van der Waals surface area contributed by atoms with Crippen LogP contribution in [-0.2, 0) is 0 Å². The maximum atomic E-state index is 11.9. The highest BCUT2D eigenvalue weighted by Gasteiger charge is 2.16. The van der Waals surface area contributed by atoms with Crippen LogP contribution in [0.2, 0.25) is 5.02 Å². The Morgan fingerprint density at radius 2 is 2.24 bits per heavy atom. The molecule has 0 aliphatic rings. The van der Waals surface area contributed by atoms with Crippen LogP contribution in [0.15, 0.2) is 35.0 Å². The molecule has 0 fully saturated rings. The number of rotatable bonds is 5. The van der Waals surface area contributed by atoms with Gasteiger partial charge in [0.2, 0.25) is 0 Å². The second-order valence-corrected chi connectivity index (χ2v) is 5.39. The molecular formula is C13H11ClN2O4S. The first-order valence-corrected chi connectivity index (χ1v) is 7.23. The summed E-state index contributed by atoms with van der Waals surface area (Å²) in [6.07, 6.45) is -0.797. The van der Waals surface area contributed by atoms with Crippen molar-refractivity contribution in [2.45, 2.75) is 6.10 Å². The number of aliphatic hydroxyl groups is 1. The van der Waals surface area contributed by atoms with E-state index in [1.807, 2.05) is 5.38 Å². The minimum atomic E-state index is -0.797. The molecule has 2 rings (SSSR count). The lowest BCUT2D eigenvalue weighted by Gasteiger charge is -2.10. The highest BCUT2D eigenvalue weighted by atomic mass is 35.5. The van der Waals surface area contributed by atoms with Gasteiger partial charge in [-0.1, -0.05) is 11.6 Å². The van der Waals surface area contributed by atoms with Crippen LogP contribution in [0, 0.1) is 10.1 Å². The largest absolute Gasteiger partial charge is 0.387 e. The monoisotopic (exact) mass is 326 g/mol. The number of nitrogens with one attached hydrogen (secondary N) is 1. The first-order valence-electron chi connectivity index (χ1n) is 5.91. The quantitative estimate of drug-likeness (QED) is 0.652. The van der Waals surface area contributed by atoms with Gasteiger partial charge in [0.1, 0.15) is 5.02 Å². The van der Waals surface area contributed by atoms with Gasteiger partial charge in [-0.15, -0.1) is 0 Å². The molecule has 0 spiro atoms. The van der Waals surface area contributed by atoms with Crippen molar-refractivity contribution in [1.29, 1.82) is 0 Å². The highest BCUT2D eigenvalue weighted by molar-refractivity contribution is 7.07. The van der Waals surface area contributed by atoms with Gasteiger partial charge in [0, 0.05) is 18.2 Å². The van der Waals surface area contributed by atoms with Crippen molar-refractivity contribution >= 4 is 34.5 Å². The fourth-order valence-corrected chi connectivity index (χ4v) is 2.63. The van der Waals surface area contributed by atoms with E-state index in [4.69, 9.17) is 11.6 Å². The lowest BCUT2D eigenvalue weighted by atomic mass is 10.1. The second-order valence-electron chi connectivity index (χ2n) is 4.21. The average Bonchev–Trinajstić information content (AvgIpc) is 2.98. The molecule has 8 heteroatoms. The molecule has 0 aliphatic carbocycles. The van der Waals surface area contributed by atoms with E-state index in [1.165, 1.54) is 29.5 Å². The number of benzene rings is 1. The summed E-state index contributed by atoms with van der Waals surface area (Å²) in [7, 11) is 0. The molecule has 6 nitrogen and oxygen atoms in total. The Hall–Kier alpha value is -1.96. The molecule has 1 unspecified atom stereocenters. The molecule has 110 valence electrons. The molecule has 1 heterocycles. The number of carbonyl (C=O) groups excluding carboxylic acids is 1. The molecule has 0 saturated heterocycles. The van der Waals surface area contributed by atoms with Crippen LogP contribution in [0.1, 0.15) is 22.0 Å². The minimum Gasteiger partial charge on any atom is -0.387 e. The number of nitrogens with zero attached hydrogens (tertiary/aromatic N) is 1. The molecule has 0 radical (unpaired) electrons. The van der Waals surface area contributed by atoms with Crippen LogP contribution in [0.4, 0.5) is 5.69 Å². The number of carbonyl (C=O) groups is 1. The fraction of sp³-hybridized carbons (Fsp3) is 0.154. The zero-order valence-corrected chi connectivity index (χ0v) is 12.2. The summed E-state index contributed by atoms with van der Waals surface area (Å²) in [5.41, 5.74) is 0.664. The van der Waals surface area contributed by atoms with Gasteiger partial charge >= 0.3 is 0 Å². The van der Waals surface area contributed by atoms with Gasteiger partial charge in [-0.3, -0.25) is 14.9 Å². The maximum Gasteiger partial charge on any atom is 0.287 e. The molecule has 1 atom stereocenters. The van der Waals surface area contributed by atoms with Gasteiger partial charge in [0.25, 0.3) is 11.6 Å². The summed E-state index contributed by atoms with van der Waals surface area (Å²) in [6, 6.07) is 5.49. The van der Waals surface area contributed by atoms with Crippen molar-refractivity contribution in [2.75, 3.05) is 6.54 Å². The van der Waals surface area contributed by atoms with Crippen LogP contribution in [0.5, 0.6) is 0 Å². The van der Waals surface area contributed by atoms with Crippen LogP contribution in [-0.4, -0.2) is 22.5 Å². The van der Waals surface area contributed by atoms with Crippen molar-refractivity contribution in [3.8, 4) is 0 Å². The summed E-state index contributed by atoms with van der Waals surface area (Å²) >= 11 is 7.19. The minimum absolute atomic E-state index is 0.0458. The van der Waals surface area contributed by atoms with Crippen LogP contribution in [0.3, 0.4) is 0 Å². The number of amides is 1. The fourth-order valence-electron chi connectivity index (χ4n) is 1.67. The zero-order valence-electron chi connectivity index (χ0n) is 10.7. The van der Waals surface area contributed by atoms with Gasteiger partial charge in [-0.2, -0.15) is 11.3 Å². The molecule has 2 aromatic rings. The molecule has 1 aromatic carbocycles. The number of halogens is 1. The Balaban J connectivity index is 2.00. The number of nitro benzene ring substituents is 1. The number of nitro groups is 1. The van der Waals surface area contributed by atoms with Crippen LogP contribution >= 0.6 is 22.9 Å². The van der Waals surface area contributed by atoms with Crippen molar-refractivity contribution in [1.82, 2.24) is 5.32 Å². The third kappa shape index (κ3) is 3.78. The summed E-state index contributed by atoms with van der Waals surface area (Å²) in [5, 5.41) is 26.6. The van der Waals surface area contributed by atoms with Crippen LogP contribution < -0.4 is 5.32 Å². The summed E-state index contributed by atoms with van der Waals surface area (Å²) in [5.74, 6) is -0.457. The van der Waals surface area contributed by atoms with Gasteiger partial charge < -0.3 is 10.4 Å². The highest BCUT2D eigenvalue weighted by Crippen LogP contribution is 2.25. The third-order valence-electron chi connectivity index (χ3n) is 2.79.